The molecule has 2 N–H and O–H groups in total. The molecule has 0 aromatic heterocycles. The number of nitrogens with one attached hydrogen (secondary N) is 1. The van der Waals surface area contributed by atoms with E-state index >= 15 is 0 Å². The van der Waals surface area contributed by atoms with Crippen molar-refractivity contribution in [1.29, 1.82) is 0 Å². The highest BCUT2D eigenvalue weighted by Gasteiger charge is 2.20. The number of carbonyl (C=O) groups is 1. The van der Waals surface area contributed by atoms with Crippen molar-refractivity contribution >= 4 is 5.78 Å². The molecule has 0 fully saturated rings. The van der Waals surface area contributed by atoms with Crippen LogP contribution in [0.5, 0.6) is 0 Å². The van der Waals surface area contributed by atoms with Gasteiger partial charge >= 0.3 is 0 Å². The first-order valence-electron chi connectivity index (χ1n) is 7.19. The molecule has 0 radical (unpaired) electrons. The monoisotopic (exact) mass is 294 g/mol. The van der Waals surface area contributed by atoms with Gasteiger partial charge in [0.15, 0.2) is 5.78 Å². The van der Waals surface area contributed by atoms with Crippen molar-refractivity contribution in [2.24, 2.45) is 0 Å². The van der Waals surface area contributed by atoms with E-state index in [0.717, 1.165) is 5.56 Å². The van der Waals surface area contributed by atoms with Crippen LogP contribution in [-0.4, -0.2) is 22.9 Å². The molecule has 0 aliphatic carbocycles. The maximum Gasteiger partial charge on any atom is 0.195 e. The fourth-order valence-electron chi connectivity index (χ4n) is 2.51. The van der Waals surface area contributed by atoms with Crippen LogP contribution in [0.3, 0.4) is 0 Å². The van der Waals surface area contributed by atoms with Crippen LogP contribution in [0.25, 0.3) is 0 Å². The number of hydrogen-bond donors (Lipinski definition) is 2. The first-order chi connectivity index (χ1) is 10.6. The maximum absolute atomic E-state index is 12.3. The average molecular weight is 294 g/mol. The highest BCUT2D eigenvalue weighted by Crippen LogP contribution is 2.22. The third-order valence-electron chi connectivity index (χ3n) is 3.76. The van der Waals surface area contributed by atoms with Crippen LogP contribution in [0, 0.1) is 0 Å². The Morgan fingerprint density at radius 1 is 1.14 bits per heavy atom. The van der Waals surface area contributed by atoms with Crippen LogP contribution < -0.4 is 5.43 Å². The lowest BCUT2D eigenvalue weighted by molar-refractivity contribution is 0.0747. The zero-order valence-corrected chi connectivity index (χ0v) is 12.3. The van der Waals surface area contributed by atoms with E-state index in [9.17, 15) is 9.90 Å². The molecule has 0 saturated carbocycles. The molecule has 1 aliphatic rings. The first-order valence-corrected chi connectivity index (χ1v) is 7.19. The zero-order valence-electron chi connectivity index (χ0n) is 12.3. The fourth-order valence-corrected chi connectivity index (χ4v) is 2.51. The van der Waals surface area contributed by atoms with Crippen molar-refractivity contribution < 1.29 is 9.90 Å². The molecule has 2 aromatic rings. The highest BCUT2D eigenvalue weighted by molar-refractivity contribution is 5.99. The number of Topliss-reactive ketones (excluding diaryl/α,β-unsaturated/α-hetero) is 1. The Hall–Kier alpha value is -2.43. The minimum atomic E-state index is -1.12. The zero-order chi connectivity index (χ0) is 15.5. The maximum atomic E-state index is 12.3. The van der Waals surface area contributed by atoms with E-state index in [2.05, 4.69) is 11.5 Å². The van der Waals surface area contributed by atoms with E-state index in [4.69, 9.17) is 0 Å². The van der Waals surface area contributed by atoms with Gasteiger partial charge in [-0.25, -0.2) is 5.43 Å². The molecule has 4 heteroatoms. The SMILES string of the molecule is CN1C=CC(c2ccc(C(=O)C(O)c3ccccc3)cc2)N1. The van der Waals surface area contributed by atoms with Crippen molar-refractivity contribution in [3.05, 3.63) is 83.6 Å². The van der Waals surface area contributed by atoms with Gasteiger partial charge in [0.1, 0.15) is 6.10 Å². The van der Waals surface area contributed by atoms with E-state index < -0.39 is 6.10 Å². The van der Waals surface area contributed by atoms with Gasteiger partial charge in [0.05, 0.1) is 6.04 Å². The quantitative estimate of drug-likeness (QED) is 0.851. The summed E-state index contributed by atoms with van der Waals surface area (Å²) >= 11 is 0. The molecule has 2 unspecified atom stereocenters. The minimum absolute atomic E-state index is 0.119. The number of hydrogen-bond acceptors (Lipinski definition) is 4. The molecule has 1 aliphatic heterocycles. The molecule has 4 nitrogen and oxygen atoms in total. The van der Waals surface area contributed by atoms with Gasteiger partial charge in [-0.1, -0.05) is 54.6 Å². The summed E-state index contributed by atoms with van der Waals surface area (Å²) < 4.78 is 0. The van der Waals surface area contributed by atoms with Crippen LogP contribution in [0.2, 0.25) is 0 Å². The summed E-state index contributed by atoms with van der Waals surface area (Å²) in [7, 11) is 1.94. The van der Waals surface area contributed by atoms with E-state index in [0.29, 0.717) is 11.1 Å². The van der Waals surface area contributed by atoms with Crippen LogP contribution in [0.4, 0.5) is 0 Å². The summed E-state index contributed by atoms with van der Waals surface area (Å²) in [5.41, 5.74) is 5.45. The Labute approximate surface area is 129 Å². The summed E-state index contributed by atoms with van der Waals surface area (Å²) in [6.07, 6.45) is 2.89. The number of nitrogens with zero attached hydrogens (tertiary/aromatic N) is 1. The van der Waals surface area contributed by atoms with Gasteiger partial charge in [-0.05, 0) is 17.2 Å². The van der Waals surface area contributed by atoms with Gasteiger partial charge < -0.3 is 10.1 Å². The molecule has 3 rings (SSSR count). The second-order valence-electron chi connectivity index (χ2n) is 5.36. The van der Waals surface area contributed by atoms with Crippen molar-refractivity contribution in [3.63, 3.8) is 0 Å². The molecule has 1 heterocycles. The number of benzene rings is 2. The van der Waals surface area contributed by atoms with Crippen molar-refractivity contribution in [1.82, 2.24) is 10.4 Å². The molecule has 0 bridgehead atoms. The number of hydrazine groups is 1. The Bertz CT molecular complexity index is 680. The van der Waals surface area contributed by atoms with E-state index in [1.807, 2.05) is 48.6 Å². The van der Waals surface area contributed by atoms with Crippen molar-refractivity contribution in [3.8, 4) is 0 Å². The predicted molar refractivity (Wildman–Crippen MR) is 85.0 cm³/mol. The van der Waals surface area contributed by atoms with Crippen molar-refractivity contribution in [2.45, 2.75) is 12.1 Å². The molecule has 22 heavy (non-hydrogen) atoms. The van der Waals surface area contributed by atoms with E-state index in [1.165, 1.54) is 0 Å². The molecular formula is C18H18N2O2. The van der Waals surface area contributed by atoms with Gasteiger partial charge in [0, 0.05) is 18.8 Å². The predicted octanol–water partition coefficient (Wildman–Crippen LogP) is 2.61. The Kier molecular flexibility index (Phi) is 4.04. The summed E-state index contributed by atoms with van der Waals surface area (Å²) in [5.74, 6) is -0.287. The standard InChI is InChI=1S/C18H18N2O2/c1-20-12-11-16(19-20)13-7-9-15(10-8-13)18(22)17(21)14-5-3-2-4-6-14/h2-12,16-17,19,21H,1H3. The summed E-state index contributed by atoms with van der Waals surface area (Å²) in [4.78, 5) is 12.3. The Morgan fingerprint density at radius 3 is 2.41 bits per heavy atom. The smallest absolute Gasteiger partial charge is 0.195 e. The lowest BCUT2D eigenvalue weighted by Gasteiger charge is -2.15. The van der Waals surface area contributed by atoms with Crippen LogP contribution in [0.15, 0.2) is 66.9 Å². The lowest BCUT2D eigenvalue weighted by atomic mass is 9.98. The third-order valence-corrected chi connectivity index (χ3v) is 3.76. The topological polar surface area (TPSA) is 52.6 Å². The minimum Gasteiger partial charge on any atom is -0.380 e. The largest absolute Gasteiger partial charge is 0.380 e. The number of aliphatic hydroxyl groups excluding tert-OH is 1. The molecule has 0 spiro atoms. The molecule has 0 amide bonds. The number of aliphatic hydroxyl groups is 1. The lowest BCUT2D eigenvalue weighted by Crippen LogP contribution is -2.26. The number of carbonyl (C=O) groups excluding carboxylic acids is 1. The van der Waals surface area contributed by atoms with Gasteiger partial charge in [-0.15, -0.1) is 0 Å². The highest BCUT2D eigenvalue weighted by atomic mass is 16.3. The van der Waals surface area contributed by atoms with Crippen molar-refractivity contribution in [2.75, 3.05) is 7.05 Å². The van der Waals surface area contributed by atoms with Crippen LogP contribution in [-0.2, 0) is 0 Å². The van der Waals surface area contributed by atoms with Gasteiger partial charge in [0.2, 0.25) is 0 Å². The van der Waals surface area contributed by atoms with Crippen LogP contribution in [0.1, 0.15) is 33.6 Å². The molecular weight excluding hydrogens is 276 g/mol. The third kappa shape index (κ3) is 2.93. The molecule has 2 aromatic carbocycles. The molecule has 0 saturated heterocycles. The summed E-state index contributed by atoms with van der Waals surface area (Å²) in [5, 5.41) is 12.1. The number of rotatable bonds is 4. The number of ketones is 1. The normalized spacial score (nSPS) is 18.5. The summed E-state index contributed by atoms with van der Waals surface area (Å²) in [6, 6.07) is 16.4. The second kappa shape index (κ2) is 6.13. The first kappa shape index (κ1) is 14.5. The summed E-state index contributed by atoms with van der Waals surface area (Å²) in [6.45, 7) is 0. The van der Waals surface area contributed by atoms with E-state index in [1.54, 1.807) is 24.3 Å². The molecule has 112 valence electrons. The van der Waals surface area contributed by atoms with Crippen LogP contribution >= 0.6 is 0 Å². The van der Waals surface area contributed by atoms with Gasteiger partial charge in [-0.3, -0.25) is 4.79 Å². The van der Waals surface area contributed by atoms with Gasteiger partial charge in [0.25, 0.3) is 0 Å². The van der Waals surface area contributed by atoms with Gasteiger partial charge in [-0.2, -0.15) is 0 Å². The fraction of sp³-hybridized carbons (Fsp3) is 0.167. The average Bonchev–Trinajstić information content (AvgIpc) is 3.01. The van der Waals surface area contributed by atoms with E-state index in [-0.39, 0.29) is 11.8 Å². The Balaban J connectivity index is 1.75. The second-order valence-corrected chi connectivity index (χ2v) is 5.36. The molecule has 2 atom stereocenters. The Morgan fingerprint density at radius 2 is 1.82 bits per heavy atom.